The minimum Gasteiger partial charge on any atom is -0.394 e. The molecule has 0 aliphatic heterocycles. The van der Waals surface area contributed by atoms with Crippen molar-refractivity contribution in [1.29, 1.82) is 0 Å². The maximum Gasteiger partial charge on any atom is 0.272 e. The molecule has 3 aromatic rings. The van der Waals surface area contributed by atoms with Crippen molar-refractivity contribution in [2.75, 3.05) is 6.61 Å². The predicted molar refractivity (Wildman–Crippen MR) is 104 cm³/mol. The third-order valence-corrected chi connectivity index (χ3v) is 6.09. The second kappa shape index (κ2) is 6.88. The first-order valence-electron chi connectivity index (χ1n) is 8.38. The second-order valence-corrected chi connectivity index (χ2v) is 8.73. The lowest BCUT2D eigenvalue weighted by Gasteiger charge is -2.24. The Hall–Kier alpha value is -2.55. The Bertz CT molecular complexity index is 1170. The van der Waals surface area contributed by atoms with Crippen molar-refractivity contribution in [3.8, 4) is 11.3 Å². The van der Waals surface area contributed by atoms with E-state index in [-0.39, 0.29) is 17.1 Å². The van der Waals surface area contributed by atoms with Crippen molar-refractivity contribution >= 4 is 20.8 Å². The molecule has 0 amide bonds. The van der Waals surface area contributed by atoms with Crippen LogP contribution in [0.3, 0.4) is 0 Å². The van der Waals surface area contributed by atoms with Crippen molar-refractivity contribution < 1.29 is 13.5 Å². The van der Waals surface area contributed by atoms with Gasteiger partial charge < -0.3 is 5.11 Å². The predicted octanol–water partition coefficient (Wildman–Crippen LogP) is 1.95. The molecule has 27 heavy (non-hydrogen) atoms. The lowest BCUT2D eigenvalue weighted by atomic mass is 10.0. The van der Waals surface area contributed by atoms with Gasteiger partial charge >= 0.3 is 0 Å². The number of hydrogen-bond donors (Lipinski definition) is 3. The van der Waals surface area contributed by atoms with Gasteiger partial charge in [0.15, 0.2) is 0 Å². The first-order chi connectivity index (χ1) is 12.6. The van der Waals surface area contributed by atoms with Crippen LogP contribution in [0.1, 0.15) is 19.4 Å². The van der Waals surface area contributed by atoms with Crippen LogP contribution in [-0.4, -0.2) is 35.9 Å². The summed E-state index contributed by atoms with van der Waals surface area (Å²) in [6.07, 6.45) is 0. The molecule has 3 N–H and O–H groups in total. The molecule has 1 heterocycles. The smallest absolute Gasteiger partial charge is 0.272 e. The lowest BCUT2D eigenvalue weighted by Crippen LogP contribution is -2.46. The molecule has 0 radical (unpaired) electrons. The summed E-state index contributed by atoms with van der Waals surface area (Å²) in [4.78, 5) is 12.1. The highest BCUT2D eigenvalue weighted by Crippen LogP contribution is 2.28. The average molecular weight is 387 g/mol. The van der Waals surface area contributed by atoms with Gasteiger partial charge in [0, 0.05) is 10.9 Å². The van der Waals surface area contributed by atoms with Crippen LogP contribution in [0.4, 0.5) is 0 Å². The summed E-state index contributed by atoms with van der Waals surface area (Å²) in [5.74, 6) is 0. The molecule has 8 heteroatoms. The quantitative estimate of drug-likeness (QED) is 0.619. The average Bonchev–Trinajstić information content (AvgIpc) is 2.62. The summed E-state index contributed by atoms with van der Waals surface area (Å²) in [6.45, 7) is 4.56. The van der Waals surface area contributed by atoms with E-state index in [4.69, 9.17) is 0 Å². The first kappa shape index (κ1) is 19.2. The number of aryl methyl sites for hydroxylation is 1. The summed E-state index contributed by atoms with van der Waals surface area (Å²) in [5, 5.41) is 17.1. The molecule has 1 aromatic heterocycles. The molecule has 2 aromatic carbocycles. The van der Waals surface area contributed by atoms with E-state index in [2.05, 4.69) is 14.9 Å². The highest BCUT2D eigenvalue weighted by molar-refractivity contribution is 7.89. The zero-order valence-electron chi connectivity index (χ0n) is 15.3. The number of aromatic amines is 1. The molecule has 7 nitrogen and oxygen atoms in total. The fourth-order valence-corrected chi connectivity index (χ4v) is 4.50. The van der Waals surface area contributed by atoms with Crippen LogP contribution in [0, 0.1) is 6.92 Å². The summed E-state index contributed by atoms with van der Waals surface area (Å²) in [7, 11) is -3.86. The van der Waals surface area contributed by atoms with Gasteiger partial charge in [0.2, 0.25) is 10.0 Å². The number of sulfonamides is 1. The molecule has 142 valence electrons. The highest BCUT2D eigenvalue weighted by Gasteiger charge is 2.27. The van der Waals surface area contributed by atoms with Crippen LogP contribution in [0.5, 0.6) is 0 Å². The number of nitrogens with one attached hydrogen (secondary N) is 2. The topological polar surface area (TPSA) is 112 Å². The number of benzene rings is 2. The van der Waals surface area contributed by atoms with E-state index in [0.717, 1.165) is 0 Å². The highest BCUT2D eigenvalue weighted by atomic mass is 32.2. The SMILES string of the molecule is Cc1ccc(-c2n[nH]c(=O)c3ccccc23)cc1S(=O)(=O)NC(C)(C)CO. The van der Waals surface area contributed by atoms with Gasteiger partial charge in [-0.05, 0) is 38.5 Å². The maximum absolute atomic E-state index is 12.8. The van der Waals surface area contributed by atoms with Crippen LogP contribution in [0.15, 0.2) is 52.2 Å². The van der Waals surface area contributed by atoms with E-state index < -0.39 is 15.6 Å². The third-order valence-electron chi connectivity index (χ3n) is 4.25. The standard InChI is InChI=1S/C19H21N3O4S/c1-12-8-9-13(10-16(12)27(25,26)22-19(2,3)11-23)17-14-6-4-5-7-15(14)18(24)21-20-17/h4-10,22-23H,11H2,1-3H3,(H,21,24). The molecular weight excluding hydrogens is 366 g/mol. The van der Waals surface area contributed by atoms with Gasteiger partial charge in [-0.25, -0.2) is 18.2 Å². The minimum atomic E-state index is -3.86. The molecule has 0 unspecified atom stereocenters. The van der Waals surface area contributed by atoms with Crippen molar-refractivity contribution in [3.63, 3.8) is 0 Å². The Morgan fingerprint density at radius 3 is 2.48 bits per heavy atom. The molecule has 0 saturated heterocycles. The molecule has 0 atom stereocenters. The Morgan fingerprint density at radius 2 is 1.81 bits per heavy atom. The van der Waals surface area contributed by atoms with E-state index in [9.17, 15) is 18.3 Å². The van der Waals surface area contributed by atoms with Crippen LogP contribution in [-0.2, 0) is 10.0 Å². The number of rotatable bonds is 5. The molecule has 0 bridgehead atoms. The van der Waals surface area contributed by atoms with Crippen molar-refractivity contribution in [2.24, 2.45) is 0 Å². The lowest BCUT2D eigenvalue weighted by molar-refractivity contribution is 0.208. The number of aliphatic hydroxyl groups is 1. The van der Waals surface area contributed by atoms with E-state index in [1.165, 1.54) is 6.07 Å². The molecule has 0 saturated carbocycles. The van der Waals surface area contributed by atoms with Crippen molar-refractivity contribution in [2.45, 2.75) is 31.2 Å². The zero-order valence-corrected chi connectivity index (χ0v) is 16.1. The van der Waals surface area contributed by atoms with Gasteiger partial charge in [0.05, 0.1) is 28.1 Å². The molecule has 0 aliphatic rings. The van der Waals surface area contributed by atoms with Crippen LogP contribution < -0.4 is 10.3 Å². The first-order valence-corrected chi connectivity index (χ1v) is 9.86. The van der Waals surface area contributed by atoms with E-state index in [0.29, 0.717) is 27.6 Å². The fourth-order valence-electron chi connectivity index (χ4n) is 2.82. The molecule has 0 spiro atoms. The summed E-state index contributed by atoms with van der Waals surface area (Å²) in [6, 6.07) is 12.0. The Labute approximate surface area is 157 Å². The monoisotopic (exact) mass is 387 g/mol. The Morgan fingerprint density at radius 1 is 1.15 bits per heavy atom. The van der Waals surface area contributed by atoms with Gasteiger partial charge in [-0.15, -0.1) is 0 Å². The minimum absolute atomic E-state index is 0.0959. The van der Waals surface area contributed by atoms with Crippen molar-refractivity contribution in [1.82, 2.24) is 14.9 Å². The number of nitrogens with zero attached hydrogens (tertiary/aromatic N) is 1. The van der Waals surface area contributed by atoms with Gasteiger partial charge in [0.1, 0.15) is 0 Å². The zero-order chi connectivity index (χ0) is 19.8. The van der Waals surface area contributed by atoms with Gasteiger partial charge in [-0.2, -0.15) is 5.10 Å². The number of H-pyrrole nitrogens is 1. The number of hydrogen-bond acceptors (Lipinski definition) is 5. The molecule has 0 aliphatic carbocycles. The summed E-state index contributed by atoms with van der Waals surface area (Å²) >= 11 is 0. The maximum atomic E-state index is 12.8. The van der Waals surface area contributed by atoms with Gasteiger partial charge in [-0.1, -0.05) is 30.3 Å². The Balaban J connectivity index is 2.18. The van der Waals surface area contributed by atoms with Gasteiger partial charge in [0.25, 0.3) is 5.56 Å². The Kier molecular flexibility index (Phi) is 4.90. The van der Waals surface area contributed by atoms with E-state index >= 15 is 0 Å². The largest absolute Gasteiger partial charge is 0.394 e. The summed E-state index contributed by atoms with van der Waals surface area (Å²) < 4.78 is 28.2. The van der Waals surface area contributed by atoms with E-state index in [1.807, 2.05) is 0 Å². The number of aliphatic hydroxyl groups excluding tert-OH is 1. The molecular formula is C19H21N3O4S. The van der Waals surface area contributed by atoms with E-state index in [1.54, 1.807) is 57.2 Å². The summed E-state index contributed by atoms with van der Waals surface area (Å²) in [5.41, 5.74) is 0.317. The number of aromatic nitrogens is 2. The van der Waals surface area contributed by atoms with Crippen LogP contribution >= 0.6 is 0 Å². The van der Waals surface area contributed by atoms with Crippen LogP contribution in [0.2, 0.25) is 0 Å². The molecule has 0 fully saturated rings. The van der Waals surface area contributed by atoms with Crippen LogP contribution in [0.25, 0.3) is 22.0 Å². The van der Waals surface area contributed by atoms with Gasteiger partial charge in [-0.3, -0.25) is 4.79 Å². The fraction of sp³-hybridized carbons (Fsp3) is 0.263. The normalized spacial score (nSPS) is 12.4. The number of fused-ring (bicyclic) bond motifs is 1. The molecule has 3 rings (SSSR count). The third kappa shape index (κ3) is 3.78. The second-order valence-electron chi connectivity index (χ2n) is 7.07. The van der Waals surface area contributed by atoms with Crippen molar-refractivity contribution in [3.05, 3.63) is 58.4 Å².